The van der Waals surface area contributed by atoms with Crippen molar-refractivity contribution in [2.75, 3.05) is 0 Å². The van der Waals surface area contributed by atoms with Gasteiger partial charge in [-0.1, -0.05) is 78.3 Å². The molecule has 1 nitrogen and oxygen atoms in total. The largest absolute Gasteiger partial charge is 0.455 e. The molecule has 0 aliphatic carbocycles. The lowest BCUT2D eigenvalue weighted by molar-refractivity contribution is 0.670. The van der Waals surface area contributed by atoms with Crippen LogP contribution in [0.3, 0.4) is 0 Å². The molecule has 1 aromatic heterocycles. The number of halogens is 1. The molecule has 0 aliphatic rings. The summed E-state index contributed by atoms with van der Waals surface area (Å²) in [5, 5.41) is 7.75. The predicted molar refractivity (Wildman–Crippen MR) is 119 cm³/mol. The van der Waals surface area contributed by atoms with Crippen LogP contribution in [0.4, 0.5) is 0 Å². The lowest BCUT2D eigenvalue weighted by atomic mass is 9.92. The summed E-state index contributed by atoms with van der Waals surface area (Å²) >= 11 is 6.56. The van der Waals surface area contributed by atoms with Crippen molar-refractivity contribution in [1.82, 2.24) is 0 Å². The molecule has 0 saturated heterocycles. The molecule has 0 spiro atoms. The van der Waals surface area contributed by atoms with E-state index in [1.54, 1.807) is 0 Å². The van der Waals surface area contributed by atoms with Crippen LogP contribution in [0.2, 0.25) is 5.02 Å². The Bertz CT molecular complexity index is 1520. The van der Waals surface area contributed by atoms with Gasteiger partial charge in [0.2, 0.25) is 0 Å². The molecule has 0 radical (unpaired) electrons. The van der Waals surface area contributed by atoms with Crippen LogP contribution in [-0.2, 0) is 0 Å². The Labute approximate surface area is 166 Å². The van der Waals surface area contributed by atoms with Gasteiger partial charge in [0.1, 0.15) is 11.2 Å². The van der Waals surface area contributed by atoms with Crippen LogP contribution in [0, 0.1) is 0 Å². The first-order chi connectivity index (χ1) is 13.8. The highest BCUT2D eigenvalue weighted by Crippen LogP contribution is 2.42. The summed E-state index contributed by atoms with van der Waals surface area (Å²) in [4.78, 5) is 0. The summed E-state index contributed by atoms with van der Waals surface area (Å²) in [7, 11) is 0. The maximum Gasteiger partial charge on any atom is 0.143 e. The van der Waals surface area contributed by atoms with Gasteiger partial charge in [-0.2, -0.15) is 0 Å². The zero-order valence-corrected chi connectivity index (χ0v) is 15.7. The van der Waals surface area contributed by atoms with Crippen molar-refractivity contribution in [1.29, 1.82) is 0 Å². The maximum atomic E-state index is 6.56. The third-order valence-corrected chi connectivity index (χ3v) is 5.72. The average molecular weight is 379 g/mol. The second-order valence-corrected chi connectivity index (χ2v) is 7.56. The fourth-order valence-electron chi connectivity index (χ4n) is 4.27. The van der Waals surface area contributed by atoms with E-state index in [2.05, 4.69) is 60.7 Å². The highest BCUT2D eigenvalue weighted by atomic mass is 35.5. The van der Waals surface area contributed by atoms with E-state index in [-0.39, 0.29) is 0 Å². The molecule has 6 aromatic rings. The Morgan fingerprint density at radius 1 is 0.536 bits per heavy atom. The summed E-state index contributed by atoms with van der Waals surface area (Å²) in [6, 6.07) is 31.4. The van der Waals surface area contributed by atoms with E-state index in [4.69, 9.17) is 16.0 Å². The van der Waals surface area contributed by atoms with Crippen LogP contribution < -0.4 is 0 Å². The van der Waals surface area contributed by atoms with Gasteiger partial charge < -0.3 is 4.42 Å². The molecule has 0 atom stereocenters. The van der Waals surface area contributed by atoms with Gasteiger partial charge in [0.15, 0.2) is 0 Å². The standard InChI is InChI=1S/C26H15ClO/c27-17-14-23-21-11-5-6-12-25(21)28-26(23)24(15-17)22-13-16-7-1-2-8-18(16)19-9-3-4-10-20(19)22/h1-15H. The molecular weight excluding hydrogens is 364 g/mol. The molecule has 28 heavy (non-hydrogen) atoms. The summed E-state index contributed by atoms with van der Waals surface area (Å²) < 4.78 is 6.30. The number of hydrogen-bond donors (Lipinski definition) is 0. The van der Waals surface area contributed by atoms with Crippen LogP contribution in [0.25, 0.3) is 54.6 Å². The molecule has 6 rings (SSSR count). The topological polar surface area (TPSA) is 13.1 Å². The number of para-hydroxylation sites is 1. The van der Waals surface area contributed by atoms with Gasteiger partial charge in [0, 0.05) is 21.4 Å². The van der Waals surface area contributed by atoms with Crippen molar-refractivity contribution >= 4 is 55.1 Å². The van der Waals surface area contributed by atoms with E-state index in [0.717, 1.165) is 33.1 Å². The Morgan fingerprint density at radius 3 is 2.07 bits per heavy atom. The van der Waals surface area contributed by atoms with Gasteiger partial charge in [0.05, 0.1) is 0 Å². The van der Waals surface area contributed by atoms with Crippen molar-refractivity contribution in [2.45, 2.75) is 0 Å². The average Bonchev–Trinajstić information content (AvgIpc) is 3.11. The fraction of sp³-hybridized carbons (Fsp3) is 0. The van der Waals surface area contributed by atoms with E-state index in [1.807, 2.05) is 30.3 Å². The van der Waals surface area contributed by atoms with Crippen LogP contribution in [-0.4, -0.2) is 0 Å². The number of rotatable bonds is 1. The Morgan fingerprint density at radius 2 is 1.21 bits per heavy atom. The van der Waals surface area contributed by atoms with E-state index in [1.165, 1.54) is 21.5 Å². The van der Waals surface area contributed by atoms with Crippen molar-refractivity contribution in [2.24, 2.45) is 0 Å². The molecular formula is C26H15ClO. The van der Waals surface area contributed by atoms with Crippen LogP contribution >= 0.6 is 11.6 Å². The number of furan rings is 1. The zero-order chi connectivity index (χ0) is 18.7. The van der Waals surface area contributed by atoms with Crippen molar-refractivity contribution in [3.63, 3.8) is 0 Å². The van der Waals surface area contributed by atoms with Crippen LogP contribution in [0.15, 0.2) is 95.4 Å². The normalized spacial score (nSPS) is 11.8. The van der Waals surface area contributed by atoms with E-state index in [0.29, 0.717) is 5.02 Å². The molecule has 5 aromatic carbocycles. The highest BCUT2D eigenvalue weighted by Gasteiger charge is 2.16. The Hall–Kier alpha value is -3.29. The fourth-order valence-corrected chi connectivity index (χ4v) is 4.49. The van der Waals surface area contributed by atoms with Crippen molar-refractivity contribution < 1.29 is 4.42 Å². The van der Waals surface area contributed by atoms with Gasteiger partial charge in [0.25, 0.3) is 0 Å². The molecule has 0 amide bonds. The van der Waals surface area contributed by atoms with Crippen LogP contribution in [0.1, 0.15) is 0 Å². The lowest BCUT2D eigenvalue weighted by Crippen LogP contribution is -1.85. The van der Waals surface area contributed by atoms with Crippen LogP contribution in [0.5, 0.6) is 0 Å². The van der Waals surface area contributed by atoms with Gasteiger partial charge in [-0.05, 0) is 51.4 Å². The Balaban J connectivity index is 1.82. The van der Waals surface area contributed by atoms with E-state index in [9.17, 15) is 0 Å². The molecule has 1 heterocycles. The summed E-state index contributed by atoms with van der Waals surface area (Å²) in [6.45, 7) is 0. The number of hydrogen-bond acceptors (Lipinski definition) is 1. The van der Waals surface area contributed by atoms with Gasteiger partial charge in [-0.25, -0.2) is 0 Å². The molecule has 0 aliphatic heterocycles. The first kappa shape index (κ1) is 15.7. The minimum Gasteiger partial charge on any atom is -0.455 e. The predicted octanol–water partition coefficient (Wildman–Crippen LogP) is 8.21. The van der Waals surface area contributed by atoms with Gasteiger partial charge in [-0.3, -0.25) is 0 Å². The molecule has 0 saturated carbocycles. The molecule has 2 heteroatoms. The molecule has 0 fully saturated rings. The molecule has 0 unspecified atom stereocenters. The minimum absolute atomic E-state index is 0.714. The second-order valence-electron chi connectivity index (χ2n) is 7.12. The monoisotopic (exact) mass is 378 g/mol. The van der Waals surface area contributed by atoms with Gasteiger partial charge >= 0.3 is 0 Å². The van der Waals surface area contributed by atoms with E-state index >= 15 is 0 Å². The van der Waals surface area contributed by atoms with Gasteiger partial charge in [-0.15, -0.1) is 0 Å². The van der Waals surface area contributed by atoms with Crippen molar-refractivity contribution in [3.8, 4) is 11.1 Å². The summed E-state index contributed by atoms with van der Waals surface area (Å²) in [5.74, 6) is 0. The Kier molecular flexibility index (Phi) is 3.29. The zero-order valence-electron chi connectivity index (χ0n) is 14.9. The minimum atomic E-state index is 0.714. The first-order valence-electron chi connectivity index (χ1n) is 9.31. The maximum absolute atomic E-state index is 6.56. The SMILES string of the molecule is Clc1cc(-c2cc3ccccc3c3ccccc23)c2oc3ccccc3c2c1. The number of benzene rings is 5. The molecule has 0 N–H and O–H groups in total. The quantitative estimate of drug-likeness (QED) is 0.263. The van der Waals surface area contributed by atoms with Crippen molar-refractivity contribution in [3.05, 3.63) is 96.0 Å². The highest BCUT2D eigenvalue weighted by molar-refractivity contribution is 6.33. The second kappa shape index (κ2) is 5.85. The third-order valence-electron chi connectivity index (χ3n) is 5.50. The third kappa shape index (κ3) is 2.20. The smallest absolute Gasteiger partial charge is 0.143 e. The summed E-state index contributed by atoms with van der Waals surface area (Å²) in [5.41, 5.74) is 3.93. The molecule has 0 bridgehead atoms. The molecule has 132 valence electrons. The first-order valence-corrected chi connectivity index (χ1v) is 9.69. The lowest BCUT2D eigenvalue weighted by Gasteiger charge is -2.12. The van der Waals surface area contributed by atoms with E-state index < -0.39 is 0 Å². The summed E-state index contributed by atoms with van der Waals surface area (Å²) in [6.07, 6.45) is 0. The number of fused-ring (bicyclic) bond motifs is 6.